The summed E-state index contributed by atoms with van der Waals surface area (Å²) < 4.78 is 0. The van der Waals surface area contributed by atoms with E-state index in [4.69, 9.17) is 5.73 Å². The van der Waals surface area contributed by atoms with Crippen molar-refractivity contribution in [2.75, 3.05) is 18.0 Å². The van der Waals surface area contributed by atoms with Gasteiger partial charge in [0.25, 0.3) is 0 Å². The lowest BCUT2D eigenvalue weighted by Crippen LogP contribution is -2.43. The Labute approximate surface area is 181 Å². The zero-order chi connectivity index (χ0) is 21.3. The Morgan fingerprint density at radius 3 is 2.50 bits per heavy atom. The third-order valence-electron chi connectivity index (χ3n) is 6.73. The molecule has 4 N–H and O–H groups in total. The van der Waals surface area contributed by atoms with E-state index in [1.165, 1.54) is 32.1 Å². The quantitative estimate of drug-likeness (QED) is 0.602. The Morgan fingerprint density at radius 2 is 1.83 bits per heavy atom. The highest BCUT2D eigenvalue weighted by atomic mass is 16.2. The van der Waals surface area contributed by atoms with Gasteiger partial charge in [0.1, 0.15) is 0 Å². The molecule has 1 aromatic rings. The van der Waals surface area contributed by atoms with Crippen molar-refractivity contribution in [2.24, 2.45) is 17.6 Å². The first-order chi connectivity index (χ1) is 14.5. The molecular formula is C24H38N4O2. The van der Waals surface area contributed by atoms with Gasteiger partial charge in [0.2, 0.25) is 5.91 Å². The van der Waals surface area contributed by atoms with Crippen LogP contribution in [-0.4, -0.2) is 31.1 Å². The molecule has 1 aliphatic heterocycles. The summed E-state index contributed by atoms with van der Waals surface area (Å²) in [6.07, 6.45) is 10.5. The number of rotatable bonds is 8. The third kappa shape index (κ3) is 6.64. The molecule has 1 aromatic carbocycles. The van der Waals surface area contributed by atoms with Crippen molar-refractivity contribution in [1.82, 2.24) is 10.6 Å². The first-order valence-corrected chi connectivity index (χ1v) is 11.7. The van der Waals surface area contributed by atoms with E-state index in [0.29, 0.717) is 19.1 Å². The number of carbonyl (C=O) groups is 2. The molecule has 2 aliphatic rings. The number of urea groups is 1. The molecule has 6 heteroatoms. The van der Waals surface area contributed by atoms with Crippen LogP contribution in [0.1, 0.15) is 70.3 Å². The van der Waals surface area contributed by atoms with Crippen LogP contribution >= 0.6 is 0 Å². The average molecular weight is 415 g/mol. The van der Waals surface area contributed by atoms with E-state index in [0.717, 1.165) is 49.4 Å². The second-order valence-electron chi connectivity index (χ2n) is 9.04. The van der Waals surface area contributed by atoms with Crippen molar-refractivity contribution >= 4 is 17.6 Å². The SMILES string of the molecule is CCCCC1CCC(NC(=O)NCc2ccc(N3CCC[C@@H](C(N)=O)C3)cc2)CC1. The maximum absolute atomic E-state index is 12.3. The average Bonchev–Trinajstić information content (AvgIpc) is 2.77. The molecule has 1 heterocycles. The van der Waals surface area contributed by atoms with Crippen LogP contribution in [0.5, 0.6) is 0 Å². The van der Waals surface area contributed by atoms with Crippen LogP contribution in [0.4, 0.5) is 10.5 Å². The number of unbranched alkanes of at least 4 members (excludes halogenated alkanes) is 1. The van der Waals surface area contributed by atoms with E-state index in [1.807, 2.05) is 12.1 Å². The number of amides is 3. The van der Waals surface area contributed by atoms with Crippen LogP contribution in [0.3, 0.4) is 0 Å². The molecule has 3 rings (SSSR count). The van der Waals surface area contributed by atoms with Crippen molar-refractivity contribution < 1.29 is 9.59 Å². The van der Waals surface area contributed by atoms with Gasteiger partial charge in [-0.1, -0.05) is 38.3 Å². The monoisotopic (exact) mass is 414 g/mol. The Balaban J connectivity index is 1.39. The van der Waals surface area contributed by atoms with E-state index >= 15 is 0 Å². The minimum absolute atomic E-state index is 0.0644. The second kappa shape index (κ2) is 11.2. The number of hydrogen-bond acceptors (Lipinski definition) is 3. The number of nitrogens with two attached hydrogens (primary N) is 1. The number of benzene rings is 1. The Kier molecular flexibility index (Phi) is 8.40. The van der Waals surface area contributed by atoms with Gasteiger partial charge in [-0.15, -0.1) is 0 Å². The van der Waals surface area contributed by atoms with Crippen LogP contribution in [-0.2, 0) is 11.3 Å². The molecule has 0 spiro atoms. The molecule has 0 bridgehead atoms. The molecule has 6 nitrogen and oxygen atoms in total. The van der Waals surface area contributed by atoms with Crippen LogP contribution in [0.2, 0.25) is 0 Å². The van der Waals surface area contributed by atoms with Crippen LogP contribution in [0.15, 0.2) is 24.3 Å². The lowest BCUT2D eigenvalue weighted by atomic mass is 9.83. The number of nitrogens with one attached hydrogen (secondary N) is 2. The normalized spacial score (nSPS) is 24.3. The van der Waals surface area contributed by atoms with Crippen LogP contribution in [0.25, 0.3) is 0 Å². The third-order valence-corrected chi connectivity index (χ3v) is 6.73. The first-order valence-electron chi connectivity index (χ1n) is 11.7. The van der Waals surface area contributed by atoms with Gasteiger partial charge >= 0.3 is 6.03 Å². The van der Waals surface area contributed by atoms with Gasteiger partial charge in [-0.25, -0.2) is 4.79 Å². The molecule has 30 heavy (non-hydrogen) atoms. The zero-order valence-corrected chi connectivity index (χ0v) is 18.4. The number of anilines is 1. The first kappa shape index (κ1) is 22.4. The zero-order valence-electron chi connectivity index (χ0n) is 18.4. The van der Waals surface area contributed by atoms with Crippen molar-refractivity contribution in [2.45, 2.75) is 77.3 Å². The molecule has 3 amide bonds. The molecule has 166 valence electrons. The van der Waals surface area contributed by atoms with Crippen LogP contribution in [0, 0.1) is 11.8 Å². The summed E-state index contributed by atoms with van der Waals surface area (Å²) in [5.41, 5.74) is 7.66. The standard InChI is InChI=1S/C24H38N4O2/c1-2-3-5-18-7-11-21(12-8-18)27-24(30)26-16-19-9-13-22(14-10-19)28-15-4-6-20(17-28)23(25)29/h9-10,13-14,18,20-21H,2-8,11-12,15-17H2,1H3,(H2,25,29)(H2,26,27,30)/t18?,20-,21?/m1/s1. The minimum atomic E-state index is -0.207. The predicted octanol–water partition coefficient (Wildman–Crippen LogP) is 3.94. The molecule has 1 saturated carbocycles. The predicted molar refractivity (Wildman–Crippen MR) is 121 cm³/mol. The van der Waals surface area contributed by atoms with Crippen molar-refractivity contribution in [3.05, 3.63) is 29.8 Å². The molecular weight excluding hydrogens is 376 g/mol. The number of primary amides is 1. The molecule has 0 unspecified atom stereocenters. The molecule has 0 radical (unpaired) electrons. The second-order valence-corrected chi connectivity index (χ2v) is 9.04. The fraction of sp³-hybridized carbons (Fsp3) is 0.667. The van der Waals surface area contributed by atoms with E-state index in [9.17, 15) is 9.59 Å². The highest BCUT2D eigenvalue weighted by Crippen LogP contribution is 2.28. The number of carbonyl (C=O) groups excluding carboxylic acids is 2. The summed E-state index contributed by atoms with van der Waals surface area (Å²) in [6.45, 7) is 4.40. The summed E-state index contributed by atoms with van der Waals surface area (Å²) in [4.78, 5) is 26.0. The van der Waals surface area contributed by atoms with Gasteiger partial charge in [0.15, 0.2) is 0 Å². The van der Waals surface area contributed by atoms with Gasteiger partial charge in [0.05, 0.1) is 5.92 Å². The summed E-state index contributed by atoms with van der Waals surface area (Å²) in [7, 11) is 0. The molecule has 2 fully saturated rings. The minimum Gasteiger partial charge on any atom is -0.371 e. The summed E-state index contributed by atoms with van der Waals surface area (Å²) in [5.74, 6) is 0.578. The fourth-order valence-electron chi connectivity index (χ4n) is 4.78. The molecule has 1 saturated heterocycles. The van der Waals surface area contributed by atoms with E-state index in [-0.39, 0.29) is 17.9 Å². The Bertz CT molecular complexity index is 683. The van der Waals surface area contributed by atoms with Crippen LogP contribution < -0.4 is 21.3 Å². The Hall–Kier alpha value is -2.24. The molecule has 1 atom stereocenters. The highest BCUT2D eigenvalue weighted by Gasteiger charge is 2.24. The van der Waals surface area contributed by atoms with Gasteiger partial charge in [-0.3, -0.25) is 4.79 Å². The topological polar surface area (TPSA) is 87.5 Å². The fourth-order valence-corrected chi connectivity index (χ4v) is 4.78. The lowest BCUT2D eigenvalue weighted by Gasteiger charge is -2.33. The van der Waals surface area contributed by atoms with E-state index < -0.39 is 0 Å². The van der Waals surface area contributed by atoms with Gasteiger partial charge in [-0.05, 0) is 62.1 Å². The molecule has 1 aliphatic carbocycles. The smallest absolute Gasteiger partial charge is 0.315 e. The summed E-state index contributed by atoms with van der Waals surface area (Å²) in [5, 5.41) is 6.13. The van der Waals surface area contributed by atoms with Gasteiger partial charge < -0.3 is 21.3 Å². The molecule has 0 aromatic heterocycles. The number of piperidine rings is 1. The van der Waals surface area contributed by atoms with Crippen molar-refractivity contribution in [3.8, 4) is 0 Å². The van der Waals surface area contributed by atoms with Gasteiger partial charge in [-0.2, -0.15) is 0 Å². The maximum Gasteiger partial charge on any atom is 0.315 e. The van der Waals surface area contributed by atoms with Crippen molar-refractivity contribution in [3.63, 3.8) is 0 Å². The van der Waals surface area contributed by atoms with Gasteiger partial charge in [0, 0.05) is 31.4 Å². The highest BCUT2D eigenvalue weighted by molar-refractivity contribution is 5.77. The lowest BCUT2D eigenvalue weighted by molar-refractivity contribution is -0.122. The Morgan fingerprint density at radius 1 is 1.10 bits per heavy atom. The van der Waals surface area contributed by atoms with Crippen molar-refractivity contribution in [1.29, 1.82) is 0 Å². The summed E-state index contributed by atoms with van der Waals surface area (Å²) >= 11 is 0. The number of nitrogens with zero attached hydrogens (tertiary/aromatic N) is 1. The largest absolute Gasteiger partial charge is 0.371 e. The number of hydrogen-bond donors (Lipinski definition) is 3. The maximum atomic E-state index is 12.3. The summed E-state index contributed by atoms with van der Waals surface area (Å²) in [6, 6.07) is 8.45. The van der Waals surface area contributed by atoms with E-state index in [2.05, 4.69) is 34.6 Å². The van der Waals surface area contributed by atoms with E-state index in [1.54, 1.807) is 0 Å².